The van der Waals surface area contributed by atoms with Gasteiger partial charge in [0.05, 0.1) is 27.1 Å². The van der Waals surface area contributed by atoms with Crippen molar-refractivity contribution in [3.05, 3.63) is 145 Å². The maximum atomic E-state index is 5.74. The van der Waals surface area contributed by atoms with Crippen molar-refractivity contribution in [2.45, 2.75) is 358 Å². The van der Waals surface area contributed by atoms with Crippen LogP contribution in [-0.4, -0.2) is 28.7 Å². The number of furan rings is 2. The van der Waals surface area contributed by atoms with Crippen LogP contribution in [0.3, 0.4) is 0 Å². The van der Waals surface area contributed by atoms with Crippen LogP contribution in [0.1, 0.15) is 435 Å². The van der Waals surface area contributed by atoms with Crippen LogP contribution in [-0.2, 0) is 5.41 Å². The molecule has 14 heteroatoms. The largest absolute Gasteiger partial charge is 0.466 e. The first-order chi connectivity index (χ1) is 42.4. The van der Waals surface area contributed by atoms with E-state index in [2.05, 4.69) is 307 Å². The number of thiophene rings is 1. The molecule has 536 valence electrons. The molecular formula is C80H138N6O3S5. The summed E-state index contributed by atoms with van der Waals surface area (Å²) >= 11 is 8.81. The third-order valence-corrected chi connectivity index (χ3v) is 21.6. The first-order valence-corrected chi connectivity index (χ1v) is 38.4. The van der Waals surface area contributed by atoms with E-state index in [-0.39, 0.29) is 20.3 Å². The van der Waals surface area contributed by atoms with Gasteiger partial charge in [-0.05, 0) is 121 Å². The molecule has 0 aromatic carbocycles. The van der Waals surface area contributed by atoms with Gasteiger partial charge in [-0.25, -0.2) is 19.9 Å². The second-order valence-corrected chi connectivity index (χ2v) is 34.9. The molecule has 0 radical (unpaired) electrons. The third-order valence-electron chi connectivity index (χ3n) is 14.3. The van der Waals surface area contributed by atoms with Crippen LogP contribution in [0.2, 0.25) is 0 Å². The summed E-state index contributed by atoms with van der Waals surface area (Å²) in [5, 5.41) is 3.66. The Morgan fingerprint density at radius 2 is 0.840 bits per heavy atom. The summed E-state index contributed by atoms with van der Waals surface area (Å²) in [5.74, 6) is 15.5. The van der Waals surface area contributed by atoms with Crippen LogP contribution in [0.4, 0.5) is 0 Å². The van der Waals surface area contributed by atoms with E-state index in [0.29, 0.717) is 88.8 Å². The summed E-state index contributed by atoms with van der Waals surface area (Å²) in [6.07, 6.45) is 2.00. The van der Waals surface area contributed by atoms with E-state index in [0.717, 1.165) is 51.2 Å². The van der Waals surface area contributed by atoms with Crippen LogP contribution in [0.15, 0.2) is 55.8 Å². The van der Waals surface area contributed by atoms with Crippen LogP contribution >= 0.6 is 57.1 Å². The van der Waals surface area contributed by atoms with Gasteiger partial charge in [0.2, 0.25) is 0 Å². The lowest BCUT2D eigenvalue weighted by Gasteiger charge is -2.13. The van der Waals surface area contributed by atoms with E-state index < -0.39 is 0 Å². The molecule has 0 bridgehead atoms. The monoisotopic (exact) mass is 1390 g/mol. The molecule has 0 aliphatic heterocycles. The summed E-state index contributed by atoms with van der Waals surface area (Å²) in [5.41, 5.74) is 4.97. The molecule has 0 amide bonds. The minimum Gasteiger partial charge on any atom is -0.466 e. The van der Waals surface area contributed by atoms with E-state index in [1.807, 2.05) is 47.1 Å². The molecule has 8 aromatic rings. The lowest BCUT2D eigenvalue weighted by Crippen LogP contribution is -2.10. The van der Waals surface area contributed by atoms with Crippen molar-refractivity contribution in [1.29, 1.82) is 0 Å². The van der Waals surface area contributed by atoms with Gasteiger partial charge in [-0.15, -0.1) is 34.0 Å². The van der Waals surface area contributed by atoms with Crippen molar-refractivity contribution in [3.63, 3.8) is 0 Å². The minimum absolute atomic E-state index is 0. The molecule has 8 rings (SSSR count). The molecule has 0 unspecified atom stereocenters. The highest BCUT2D eigenvalue weighted by molar-refractivity contribution is 7.12. The highest BCUT2D eigenvalue weighted by Crippen LogP contribution is 2.34. The average molecular weight is 1390 g/mol. The Morgan fingerprint density at radius 1 is 0.362 bits per heavy atom. The molecule has 0 aliphatic rings. The summed E-state index contributed by atoms with van der Waals surface area (Å²) < 4.78 is 25.6. The Hall–Kier alpha value is -4.08. The highest BCUT2D eigenvalue weighted by atomic mass is 32.1. The fourth-order valence-corrected chi connectivity index (χ4v) is 12.9. The Bertz CT molecular complexity index is 2760. The first kappa shape index (κ1) is 92.0. The molecule has 0 saturated carbocycles. The van der Waals surface area contributed by atoms with Crippen molar-refractivity contribution >= 4 is 57.1 Å². The maximum Gasteiger partial charge on any atom is 0.197 e. The predicted molar refractivity (Wildman–Crippen MR) is 422 cm³/mol. The number of aryl methyl sites for hydroxylation is 3. The maximum absolute atomic E-state index is 5.74. The van der Waals surface area contributed by atoms with Crippen molar-refractivity contribution < 1.29 is 13.3 Å². The number of aromatic nitrogens is 6. The van der Waals surface area contributed by atoms with Gasteiger partial charge in [-0.2, -0.15) is 8.75 Å². The smallest absolute Gasteiger partial charge is 0.197 e. The van der Waals surface area contributed by atoms with E-state index in [1.54, 1.807) is 11.5 Å². The van der Waals surface area contributed by atoms with E-state index >= 15 is 0 Å². The molecule has 0 N–H and O–H groups in total. The number of nitrogens with zero attached hydrogens (tertiary/aromatic N) is 6. The highest BCUT2D eigenvalue weighted by Gasteiger charge is 2.22. The Labute approximate surface area is 598 Å². The van der Waals surface area contributed by atoms with Gasteiger partial charge in [0.15, 0.2) is 5.89 Å². The van der Waals surface area contributed by atoms with Crippen LogP contribution in [0.5, 0.6) is 0 Å². The fourth-order valence-electron chi connectivity index (χ4n) is 8.23. The molecule has 94 heavy (non-hydrogen) atoms. The van der Waals surface area contributed by atoms with Crippen molar-refractivity contribution in [3.8, 4) is 0 Å². The number of hydrogen-bond acceptors (Lipinski definition) is 14. The van der Waals surface area contributed by atoms with E-state index in [1.165, 1.54) is 62.9 Å². The van der Waals surface area contributed by atoms with Crippen molar-refractivity contribution in [2.24, 2.45) is 0 Å². The SMILES string of the molecule is C.C.CC(C)c1cc(C(C)C)sn1.CC(C)c1ccc(C(C)C)o1.CC(C)c1ccc(C(C)C)s1.CC(C)c1cnc(C(C)C)s1.CC(C)c1nsc(C(C)C)n1.Cc1cc(C(C)C)oc1C(C)C.Cc1nc(C(C)(C)C)sc1C(C)C.Cc1nc(C(C)C)oc1C(C)C. The molecule has 8 aromatic heterocycles. The average Bonchev–Trinajstić information content (AvgIpc) is 2.17. The zero-order valence-electron chi connectivity index (χ0n) is 64.7. The Kier molecular flexibility index (Phi) is 43.1. The predicted octanol–water partition coefficient (Wildman–Crippen LogP) is 29.3. The zero-order chi connectivity index (χ0) is 71.0. The van der Waals surface area contributed by atoms with Gasteiger partial charge in [0.25, 0.3) is 0 Å². The summed E-state index contributed by atoms with van der Waals surface area (Å²) in [6, 6.07) is 13.0. The number of thiazole rings is 2. The quantitative estimate of drug-likeness (QED) is 0.0989. The third kappa shape index (κ3) is 32.5. The topological polar surface area (TPSA) is 117 Å². The van der Waals surface area contributed by atoms with Gasteiger partial charge in [0, 0.05) is 89.3 Å². The Morgan fingerprint density at radius 3 is 1.07 bits per heavy atom. The summed E-state index contributed by atoms with van der Waals surface area (Å²) in [7, 11) is 0. The van der Waals surface area contributed by atoms with Crippen LogP contribution in [0.25, 0.3) is 0 Å². The number of hydrogen-bond donors (Lipinski definition) is 0. The van der Waals surface area contributed by atoms with Crippen molar-refractivity contribution in [1.82, 2.24) is 28.7 Å². The fraction of sp³-hybridized carbons (Fsp3) is 0.675. The molecule has 9 nitrogen and oxygen atoms in total. The lowest BCUT2D eigenvalue weighted by atomic mass is 9.98. The molecule has 0 atom stereocenters. The van der Waals surface area contributed by atoms with E-state index in [4.69, 9.17) is 13.3 Å². The van der Waals surface area contributed by atoms with Gasteiger partial charge in [0.1, 0.15) is 39.6 Å². The summed E-state index contributed by atoms with van der Waals surface area (Å²) in [6.45, 7) is 78.0. The molecule has 0 saturated heterocycles. The number of oxazole rings is 1. The second kappa shape index (κ2) is 44.0. The minimum atomic E-state index is 0. The molecule has 0 aliphatic carbocycles. The van der Waals surface area contributed by atoms with E-state index in [9.17, 15) is 0 Å². The van der Waals surface area contributed by atoms with Gasteiger partial charge >= 0.3 is 0 Å². The first-order valence-electron chi connectivity index (χ1n) is 34.4. The lowest BCUT2D eigenvalue weighted by molar-refractivity contribution is 0.421. The zero-order valence-corrected chi connectivity index (χ0v) is 68.7. The van der Waals surface area contributed by atoms with Crippen molar-refractivity contribution in [2.75, 3.05) is 0 Å². The Balaban J connectivity index is 0. The second-order valence-electron chi connectivity index (χ2n) is 30.0. The standard InChI is InChI=1S/C11H19NS.C11H18O.C10H17NO.C10H16O.C10H16S.2C9H15NS.C8H14N2S.2CH4/c1-7(2)9-8(3)12-10(13-9)11(4,5)6;1-7(2)10-6-9(5)11(12-10)8(3)4;1-6(2)9-8(5)11-10(12-9)7(3)4;2*1-7(2)9-5-6-10(11-9)8(3)4;1-6(2)8-5-10-9(11-8)7(3)4;1-6(2)8-5-9(7(3)4)11-10-8;1-5(2)7-9-8(6(3)4)11-10-7;;/h7H,1-6H3;6-8H,1-5H3;6-7H,1-5H3;2*5-8H,1-4H3;2*5-7H,1-4H3;5-6H,1-4H3;2*1H4. The van der Waals surface area contributed by atoms with Crippen LogP contribution in [0, 0.1) is 20.8 Å². The normalized spacial score (nSPS) is 11.4. The van der Waals surface area contributed by atoms with Gasteiger partial charge in [-0.1, -0.05) is 243 Å². The molecular weight excluding hydrogens is 1250 g/mol. The number of rotatable bonds is 15. The van der Waals surface area contributed by atoms with Crippen LogP contribution < -0.4 is 0 Å². The van der Waals surface area contributed by atoms with Gasteiger partial charge < -0.3 is 13.3 Å². The molecule has 0 spiro atoms. The van der Waals surface area contributed by atoms with Gasteiger partial charge in [-0.3, -0.25) is 0 Å². The summed E-state index contributed by atoms with van der Waals surface area (Å²) in [4.78, 5) is 25.0. The molecule has 8 heterocycles. The molecule has 0 fully saturated rings.